The van der Waals surface area contributed by atoms with Crippen molar-refractivity contribution in [2.75, 3.05) is 20.2 Å². The summed E-state index contributed by atoms with van der Waals surface area (Å²) in [7, 11) is 1.56. The van der Waals surface area contributed by atoms with E-state index in [4.69, 9.17) is 16.3 Å². The maximum atomic E-state index is 13.8. The molecule has 9 nitrogen and oxygen atoms in total. The van der Waals surface area contributed by atoms with E-state index in [2.05, 4.69) is 21.7 Å². The molecule has 3 atom stereocenters. The van der Waals surface area contributed by atoms with E-state index in [-0.39, 0.29) is 35.5 Å². The van der Waals surface area contributed by atoms with Crippen LogP contribution in [-0.4, -0.2) is 59.9 Å². The number of methoxy groups -OCH3 is 1. The molecule has 5 rings (SSSR count). The molecule has 1 spiro atoms. The molecule has 2 saturated heterocycles. The number of nitrogens with one attached hydrogen (secondary N) is 3. The Morgan fingerprint density at radius 1 is 1.30 bits per heavy atom. The molecule has 1 aromatic carbocycles. The highest BCUT2D eigenvalue weighted by atomic mass is 35.5. The van der Waals surface area contributed by atoms with E-state index < -0.39 is 12.1 Å². The van der Waals surface area contributed by atoms with Crippen molar-refractivity contribution in [3.63, 3.8) is 0 Å². The van der Waals surface area contributed by atoms with Gasteiger partial charge in [-0.25, -0.2) is 0 Å². The SMILES string of the molecule is COc1cc(Cl)c2[nH]c(C(=O)N3CC4(CCCCC4)C[C@H]3C(=O)N[C@H](C#N)C[C@@H]3CCNC3=O)cc2c1. The van der Waals surface area contributed by atoms with Crippen molar-refractivity contribution in [3.8, 4) is 11.8 Å². The normalized spacial score (nSPS) is 23.6. The van der Waals surface area contributed by atoms with E-state index >= 15 is 0 Å². The fourth-order valence-corrected chi connectivity index (χ4v) is 6.56. The Bertz CT molecular complexity index is 1260. The van der Waals surface area contributed by atoms with Crippen LogP contribution in [0.5, 0.6) is 5.75 Å². The number of nitriles is 1. The second kappa shape index (κ2) is 10.3. The summed E-state index contributed by atoms with van der Waals surface area (Å²) in [5.74, 6) is -0.380. The van der Waals surface area contributed by atoms with Crippen molar-refractivity contribution < 1.29 is 19.1 Å². The minimum Gasteiger partial charge on any atom is -0.497 e. The van der Waals surface area contributed by atoms with Gasteiger partial charge in [0.15, 0.2) is 0 Å². The van der Waals surface area contributed by atoms with Gasteiger partial charge in [-0.3, -0.25) is 14.4 Å². The molecule has 1 aliphatic carbocycles. The van der Waals surface area contributed by atoms with Gasteiger partial charge in [0.25, 0.3) is 5.91 Å². The third-order valence-electron chi connectivity index (χ3n) is 8.26. The van der Waals surface area contributed by atoms with Gasteiger partial charge in [-0.15, -0.1) is 0 Å². The number of nitrogens with zero attached hydrogens (tertiary/aromatic N) is 2. The lowest BCUT2D eigenvalue weighted by Crippen LogP contribution is -2.49. The van der Waals surface area contributed by atoms with Gasteiger partial charge in [0.1, 0.15) is 23.5 Å². The first-order valence-electron chi connectivity index (χ1n) is 13.0. The second-order valence-electron chi connectivity index (χ2n) is 10.7. The fourth-order valence-electron chi connectivity index (χ4n) is 6.30. The van der Waals surface area contributed by atoms with E-state index in [9.17, 15) is 19.6 Å². The Kier molecular flexibility index (Phi) is 7.04. The van der Waals surface area contributed by atoms with E-state index in [0.717, 1.165) is 37.5 Å². The van der Waals surface area contributed by atoms with Gasteiger partial charge < -0.3 is 25.3 Å². The van der Waals surface area contributed by atoms with E-state index in [1.165, 1.54) is 0 Å². The number of hydrogen-bond acceptors (Lipinski definition) is 5. The number of fused-ring (bicyclic) bond motifs is 1. The van der Waals surface area contributed by atoms with E-state index in [0.29, 0.717) is 47.9 Å². The zero-order valence-corrected chi connectivity index (χ0v) is 21.7. The van der Waals surface area contributed by atoms with Crippen LogP contribution in [0.25, 0.3) is 10.9 Å². The largest absolute Gasteiger partial charge is 0.497 e. The molecular weight excluding hydrogens is 494 g/mol. The van der Waals surface area contributed by atoms with Crippen molar-refractivity contribution in [3.05, 3.63) is 28.9 Å². The molecule has 0 radical (unpaired) electrons. The number of hydrogen-bond donors (Lipinski definition) is 3. The van der Waals surface area contributed by atoms with Gasteiger partial charge in [0.2, 0.25) is 11.8 Å². The van der Waals surface area contributed by atoms with Crippen molar-refractivity contribution in [2.24, 2.45) is 11.3 Å². The highest BCUT2D eigenvalue weighted by molar-refractivity contribution is 6.35. The van der Waals surface area contributed by atoms with Crippen LogP contribution < -0.4 is 15.4 Å². The van der Waals surface area contributed by atoms with Gasteiger partial charge in [0, 0.05) is 30.5 Å². The number of amides is 3. The van der Waals surface area contributed by atoms with Crippen LogP contribution >= 0.6 is 11.6 Å². The molecule has 1 saturated carbocycles. The van der Waals surface area contributed by atoms with Crippen LogP contribution in [0.3, 0.4) is 0 Å². The quantitative estimate of drug-likeness (QED) is 0.531. The van der Waals surface area contributed by atoms with Crippen LogP contribution in [0.2, 0.25) is 5.02 Å². The number of halogens is 1. The summed E-state index contributed by atoms with van der Waals surface area (Å²) < 4.78 is 5.30. The number of aromatic nitrogens is 1. The average Bonchev–Trinajstić information content (AvgIpc) is 3.61. The van der Waals surface area contributed by atoms with Gasteiger partial charge in [-0.1, -0.05) is 30.9 Å². The number of rotatable bonds is 6. The standard InChI is InChI=1S/C27H32ClN5O4/c1-37-19-10-17-11-21(32-23(17)20(28)12-19)26(36)33-15-27(6-3-2-4-7-27)13-22(33)25(35)31-18(14-29)9-16-5-8-30-24(16)34/h10-12,16,18,22,32H,2-9,13,15H2,1H3,(H,30,34)(H,31,35)/t16-,18-,22-/m0/s1. The Hall–Kier alpha value is -3.25. The Balaban J connectivity index is 1.39. The molecular formula is C27H32ClN5O4. The molecule has 3 N–H and O–H groups in total. The maximum absolute atomic E-state index is 13.8. The van der Waals surface area contributed by atoms with Gasteiger partial charge in [-0.2, -0.15) is 5.26 Å². The molecule has 0 unspecified atom stereocenters. The van der Waals surface area contributed by atoms with Gasteiger partial charge in [-0.05, 0) is 49.7 Å². The van der Waals surface area contributed by atoms with Gasteiger partial charge in [0.05, 0.1) is 23.7 Å². The number of ether oxygens (including phenoxy) is 1. The smallest absolute Gasteiger partial charge is 0.271 e. The first kappa shape index (κ1) is 25.4. The number of carbonyl (C=O) groups excluding carboxylic acids is 3. The Morgan fingerprint density at radius 3 is 2.76 bits per heavy atom. The predicted molar refractivity (Wildman–Crippen MR) is 138 cm³/mol. The topological polar surface area (TPSA) is 127 Å². The molecule has 1 aromatic heterocycles. The predicted octanol–water partition coefficient (Wildman–Crippen LogP) is 3.53. The lowest BCUT2D eigenvalue weighted by Gasteiger charge is -2.32. The summed E-state index contributed by atoms with van der Waals surface area (Å²) in [5, 5.41) is 16.5. The molecule has 3 amide bonds. The van der Waals surface area contributed by atoms with Crippen LogP contribution in [0.15, 0.2) is 18.2 Å². The first-order valence-corrected chi connectivity index (χ1v) is 13.4. The minimum atomic E-state index is -0.791. The summed E-state index contributed by atoms with van der Waals surface area (Å²) in [6.07, 6.45) is 6.75. The lowest BCUT2D eigenvalue weighted by molar-refractivity contribution is -0.126. The van der Waals surface area contributed by atoms with Crippen molar-refractivity contribution in [1.29, 1.82) is 5.26 Å². The summed E-state index contributed by atoms with van der Waals surface area (Å²) >= 11 is 6.41. The molecule has 2 aromatic rings. The van der Waals surface area contributed by atoms with Crippen LogP contribution in [-0.2, 0) is 9.59 Å². The third kappa shape index (κ3) is 4.99. The Morgan fingerprint density at radius 2 is 2.08 bits per heavy atom. The number of carbonyl (C=O) groups is 3. The van der Waals surface area contributed by atoms with Crippen molar-refractivity contribution in [2.45, 2.75) is 63.5 Å². The lowest BCUT2D eigenvalue weighted by atomic mass is 9.72. The van der Waals surface area contributed by atoms with Crippen LogP contribution in [0, 0.1) is 22.7 Å². The molecule has 37 heavy (non-hydrogen) atoms. The molecule has 3 heterocycles. The number of H-pyrrole nitrogens is 1. The maximum Gasteiger partial charge on any atom is 0.271 e. The molecule has 3 aliphatic rings. The molecule has 10 heteroatoms. The molecule has 3 fully saturated rings. The second-order valence-corrected chi connectivity index (χ2v) is 11.1. The van der Waals surface area contributed by atoms with Crippen LogP contribution in [0.4, 0.5) is 0 Å². The first-order chi connectivity index (χ1) is 17.8. The third-order valence-corrected chi connectivity index (χ3v) is 8.56. The van der Waals surface area contributed by atoms with E-state index in [1.54, 1.807) is 24.1 Å². The zero-order valence-electron chi connectivity index (χ0n) is 20.9. The summed E-state index contributed by atoms with van der Waals surface area (Å²) in [5.41, 5.74) is 0.893. The summed E-state index contributed by atoms with van der Waals surface area (Å²) in [6.45, 7) is 1.09. The molecule has 0 bridgehead atoms. The number of aromatic amines is 1. The number of benzene rings is 1. The van der Waals surface area contributed by atoms with Gasteiger partial charge >= 0.3 is 0 Å². The molecule has 2 aliphatic heterocycles. The van der Waals surface area contributed by atoms with E-state index in [1.807, 2.05) is 6.07 Å². The zero-order chi connectivity index (χ0) is 26.2. The van der Waals surface area contributed by atoms with Crippen LogP contribution in [0.1, 0.15) is 61.9 Å². The summed E-state index contributed by atoms with van der Waals surface area (Å²) in [6, 6.07) is 5.89. The van der Waals surface area contributed by atoms with Crippen molar-refractivity contribution in [1.82, 2.24) is 20.5 Å². The average molecular weight is 526 g/mol. The Labute approximate surface area is 220 Å². The number of likely N-dealkylation sites (tertiary alicyclic amines) is 1. The highest BCUT2D eigenvalue weighted by Gasteiger charge is 2.49. The fraction of sp³-hybridized carbons (Fsp3) is 0.556. The molecule has 196 valence electrons. The summed E-state index contributed by atoms with van der Waals surface area (Å²) in [4.78, 5) is 44.2. The monoisotopic (exact) mass is 525 g/mol. The van der Waals surface area contributed by atoms with Crippen molar-refractivity contribution >= 4 is 40.2 Å². The highest BCUT2D eigenvalue weighted by Crippen LogP contribution is 2.47. The minimum absolute atomic E-state index is 0.0811.